The van der Waals surface area contributed by atoms with Gasteiger partial charge in [-0.25, -0.2) is 4.98 Å². The van der Waals surface area contributed by atoms with Crippen molar-refractivity contribution in [2.24, 2.45) is 0 Å². The number of nitrogens with zero attached hydrogens (tertiary/aromatic N) is 2. The average Bonchev–Trinajstić information content (AvgIpc) is 3.09. The molecule has 0 atom stereocenters. The highest BCUT2D eigenvalue weighted by Crippen LogP contribution is 2.27. The first kappa shape index (κ1) is 20.1. The molecule has 146 valence electrons. The minimum atomic E-state index is -0.359. The lowest BCUT2D eigenvalue weighted by molar-refractivity contribution is 0.0943. The van der Waals surface area contributed by atoms with Crippen LogP contribution in [0.3, 0.4) is 0 Å². The molecular formula is C19H25N3O3S2. The maximum atomic E-state index is 12.9. The summed E-state index contributed by atoms with van der Waals surface area (Å²) < 4.78 is 1.66. The van der Waals surface area contributed by atoms with Crippen LogP contribution in [0, 0.1) is 6.92 Å². The number of hydrogen-bond acceptors (Lipinski definition) is 6. The number of hydrogen-bond donors (Lipinski definition) is 2. The van der Waals surface area contributed by atoms with Crippen LogP contribution in [0.25, 0.3) is 0 Å². The van der Waals surface area contributed by atoms with Gasteiger partial charge in [-0.2, -0.15) is 11.8 Å². The number of amides is 1. The Balaban J connectivity index is 1.73. The first-order chi connectivity index (χ1) is 13.0. The molecule has 2 aromatic heterocycles. The molecule has 8 heteroatoms. The van der Waals surface area contributed by atoms with Gasteiger partial charge in [0.25, 0.3) is 11.5 Å². The molecule has 27 heavy (non-hydrogen) atoms. The molecule has 1 fully saturated rings. The molecule has 0 unspecified atom stereocenters. The monoisotopic (exact) mass is 407 g/mol. The van der Waals surface area contributed by atoms with Crippen LogP contribution in [0.2, 0.25) is 0 Å². The largest absolute Gasteiger partial charge is 0.393 e. The molecule has 2 N–H and O–H groups in total. The summed E-state index contributed by atoms with van der Waals surface area (Å²) in [5.74, 6) is 0.499. The Morgan fingerprint density at radius 1 is 1.41 bits per heavy atom. The van der Waals surface area contributed by atoms with Crippen molar-refractivity contribution in [2.75, 3.05) is 6.26 Å². The lowest BCUT2D eigenvalue weighted by Gasteiger charge is -2.27. The van der Waals surface area contributed by atoms with E-state index in [-0.39, 0.29) is 29.2 Å². The number of rotatable bonds is 6. The van der Waals surface area contributed by atoms with Gasteiger partial charge in [-0.3, -0.25) is 9.59 Å². The molecule has 1 saturated carbocycles. The minimum Gasteiger partial charge on any atom is -0.393 e. The van der Waals surface area contributed by atoms with E-state index in [1.807, 2.05) is 17.7 Å². The van der Waals surface area contributed by atoms with Gasteiger partial charge in [0.2, 0.25) is 0 Å². The molecule has 0 radical (unpaired) electrons. The summed E-state index contributed by atoms with van der Waals surface area (Å²) in [4.78, 5) is 30.1. The molecule has 1 amide bonds. The molecule has 1 aliphatic carbocycles. The lowest BCUT2D eigenvalue weighted by atomic mass is 9.92. The third kappa shape index (κ3) is 4.80. The van der Waals surface area contributed by atoms with Gasteiger partial charge in [0.1, 0.15) is 10.6 Å². The van der Waals surface area contributed by atoms with E-state index < -0.39 is 0 Å². The van der Waals surface area contributed by atoms with Gasteiger partial charge in [-0.15, -0.1) is 11.3 Å². The molecule has 0 aromatic carbocycles. The van der Waals surface area contributed by atoms with Crippen molar-refractivity contribution in [2.45, 2.75) is 57.1 Å². The van der Waals surface area contributed by atoms with Gasteiger partial charge in [0, 0.05) is 23.4 Å². The summed E-state index contributed by atoms with van der Waals surface area (Å²) in [6.45, 7) is 2.10. The van der Waals surface area contributed by atoms with E-state index in [0.29, 0.717) is 24.9 Å². The number of aliphatic hydroxyl groups excluding tert-OH is 1. The number of thioether (sulfide) groups is 1. The van der Waals surface area contributed by atoms with Crippen LogP contribution in [-0.2, 0) is 12.3 Å². The van der Waals surface area contributed by atoms with Crippen molar-refractivity contribution >= 4 is 29.0 Å². The molecule has 0 aliphatic heterocycles. The predicted molar refractivity (Wildman–Crippen MR) is 109 cm³/mol. The Hall–Kier alpha value is -1.64. The molecule has 0 saturated heterocycles. The Bertz CT molecular complexity index is 854. The number of aryl methyl sites for hydroxylation is 1. The highest BCUT2D eigenvalue weighted by molar-refractivity contribution is 7.97. The smallest absolute Gasteiger partial charge is 0.263 e. The number of pyridine rings is 1. The quantitative estimate of drug-likeness (QED) is 0.769. The van der Waals surface area contributed by atoms with E-state index in [9.17, 15) is 14.7 Å². The van der Waals surface area contributed by atoms with Crippen molar-refractivity contribution in [3.63, 3.8) is 0 Å². The third-order valence-corrected chi connectivity index (χ3v) is 6.55. The summed E-state index contributed by atoms with van der Waals surface area (Å²) >= 11 is 3.29. The molecule has 2 heterocycles. The van der Waals surface area contributed by atoms with E-state index in [2.05, 4.69) is 10.3 Å². The number of aromatic nitrogens is 2. The third-order valence-electron chi connectivity index (χ3n) is 4.91. The fraction of sp³-hybridized carbons (Fsp3) is 0.526. The molecule has 2 aromatic rings. The predicted octanol–water partition coefficient (Wildman–Crippen LogP) is 2.88. The second-order valence-corrected chi connectivity index (χ2v) is 8.71. The van der Waals surface area contributed by atoms with E-state index in [1.54, 1.807) is 40.8 Å². The number of aliphatic hydroxyl groups is 1. The van der Waals surface area contributed by atoms with Gasteiger partial charge in [-0.05, 0) is 50.5 Å². The second-order valence-electron chi connectivity index (χ2n) is 6.90. The molecule has 3 rings (SSSR count). The lowest BCUT2D eigenvalue weighted by Crippen LogP contribution is -2.36. The topological polar surface area (TPSA) is 84.2 Å². The number of carbonyl (C=O) groups excluding carboxylic acids is 1. The number of thiazole rings is 1. The zero-order valence-corrected chi connectivity index (χ0v) is 17.2. The zero-order chi connectivity index (χ0) is 19.4. The Morgan fingerprint density at radius 3 is 2.85 bits per heavy atom. The Morgan fingerprint density at radius 2 is 2.15 bits per heavy atom. The van der Waals surface area contributed by atoms with Crippen LogP contribution in [0.1, 0.15) is 58.3 Å². The summed E-state index contributed by atoms with van der Waals surface area (Å²) in [6, 6.07) is 1.86. The van der Waals surface area contributed by atoms with Crippen LogP contribution >= 0.6 is 23.1 Å². The summed E-state index contributed by atoms with van der Waals surface area (Å²) in [5, 5.41) is 15.5. The van der Waals surface area contributed by atoms with Crippen molar-refractivity contribution in [1.29, 1.82) is 0 Å². The van der Waals surface area contributed by atoms with Crippen LogP contribution < -0.4 is 10.9 Å². The van der Waals surface area contributed by atoms with Gasteiger partial charge in [0.05, 0.1) is 18.3 Å². The SMILES string of the molecule is CSCc1nc(CNC(=O)c2c(C)ccn(C3CCC(O)CC3)c2=O)cs1. The molecular weight excluding hydrogens is 382 g/mol. The van der Waals surface area contributed by atoms with Gasteiger partial charge in [0.15, 0.2) is 0 Å². The first-order valence-electron chi connectivity index (χ1n) is 9.09. The van der Waals surface area contributed by atoms with E-state index in [4.69, 9.17) is 0 Å². The van der Waals surface area contributed by atoms with E-state index in [1.165, 1.54) is 0 Å². The number of carbonyl (C=O) groups is 1. The van der Waals surface area contributed by atoms with Crippen molar-refractivity contribution in [3.05, 3.63) is 49.8 Å². The normalized spacial score (nSPS) is 19.8. The summed E-state index contributed by atoms with van der Waals surface area (Å²) in [6.07, 6.45) is 6.40. The molecule has 6 nitrogen and oxygen atoms in total. The number of nitrogens with one attached hydrogen (secondary N) is 1. The maximum absolute atomic E-state index is 12.9. The standard InChI is InChI=1S/C19H25N3O3S2/c1-12-7-8-22(14-3-5-15(23)6-4-14)19(25)17(12)18(24)20-9-13-10-27-16(21-13)11-26-2/h7-8,10,14-15,23H,3-6,9,11H2,1-2H3,(H,20,24). The average molecular weight is 408 g/mol. The Kier molecular flexibility index (Phi) is 6.73. The fourth-order valence-corrected chi connectivity index (χ4v) is 4.94. The second kappa shape index (κ2) is 9.03. The molecule has 1 aliphatic rings. The summed E-state index contributed by atoms with van der Waals surface area (Å²) in [7, 11) is 0. The highest BCUT2D eigenvalue weighted by Gasteiger charge is 2.24. The molecule has 0 spiro atoms. The highest BCUT2D eigenvalue weighted by atomic mass is 32.2. The van der Waals surface area contributed by atoms with Gasteiger partial charge in [-0.1, -0.05) is 0 Å². The van der Waals surface area contributed by atoms with Crippen molar-refractivity contribution in [3.8, 4) is 0 Å². The van der Waals surface area contributed by atoms with Crippen molar-refractivity contribution < 1.29 is 9.90 Å². The van der Waals surface area contributed by atoms with Crippen LogP contribution in [0.15, 0.2) is 22.4 Å². The summed E-state index contributed by atoms with van der Waals surface area (Å²) in [5.41, 5.74) is 1.43. The van der Waals surface area contributed by atoms with Gasteiger partial charge >= 0.3 is 0 Å². The van der Waals surface area contributed by atoms with Crippen LogP contribution in [-0.4, -0.2) is 32.9 Å². The van der Waals surface area contributed by atoms with E-state index in [0.717, 1.165) is 29.3 Å². The maximum Gasteiger partial charge on any atom is 0.263 e. The van der Waals surface area contributed by atoms with E-state index >= 15 is 0 Å². The van der Waals surface area contributed by atoms with Crippen LogP contribution in [0.5, 0.6) is 0 Å². The van der Waals surface area contributed by atoms with Gasteiger partial charge < -0.3 is 15.0 Å². The zero-order valence-electron chi connectivity index (χ0n) is 15.6. The molecule has 0 bridgehead atoms. The Labute approximate surface area is 167 Å². The van der Waals surface area contributed by atoms with Crippen molar-refractivity contribution in [1.82, 2.24) is 14.9 Å². The first-order valence-corrected chi connectivity index (χ1v) is 11.4. The minimum absolute atomic E-state index is 0.0423. The fourth-order valence-electron chi connectivity index (χ4n) is 3.42. The van der Waals surface area contributed by atoms with Crippen LogP contribution in [0.4, 0.5) is 0 Å².